The minimum absolute atomic E-state index is 0.389. The molecular formula is C45H26O. The monoisotopic (exact) mass is 582 g/mol. The predicted molar refractivity (Wildman–Crippen MR) is 189 cm³/mol. The van der Waals surface area contributed by atoms with Gasteiger partial charge in [-0.15, -0.1) is 0 Å². The number of rotatable bonds is 1. The summed E-state index contributed by atoms with van der Waals surface area (Å²) in [6.45, 7) is 0. The van der Waals surface area contributed by atoms with Gasteiger partial charge in [0.15, 0.2) is 0 Å². The Morgan fingerprint density at radius 1 is 0.326 bits per heavy atom. The topological polar surface area (TPSA) is 9.23 Å². The van der Waals surface area contributed by atoms with E-state index in [9.17, 15) is 0 Å². The second-order valence-electron chi connectivity index (χ2n) is 12.8. The largest absolute Gasteiger partial charge is 0.456 e. The second-order valence-corrected chi connectivity index (χ2v) is 12.8. The quantitative estimate of drug-likeness (QED) is 0.187. The van der Waals surface area contributed by atoms with E-state index in [4.69, 9.17) is 4.74 Å². The van der Waals surface area contributed by atoms with Crippen molar-refractivity contribution in [3.05, 3.63) is 180 Å². The fraction of sp³-hybridized carbons (Fsp3) is 0.0222. The predicted octanol–water partition coefficient (Wildman–Crippen LogP) is 11.8. The Balaban J connectivity index is 1.18. The third-order valence-corrected chi connectivity index (χ3v) is 10.6. The van der Waals surface area contributed by atoms with Crippen molar-refractivity contribution in [2.45, 2.75) is 5.41 Å². The van der Waals surface area contributed by atoms with Gasteiger partial charge in [-0.1, -0.05) is 121 Å². The van der Waals surface area contributed by atoms with Crippen LogP contribution in [0.2, 0.25) is 0 Å². The lowest BCUT2D eigenvalue weighted by Crippen LogP contribution is -2.25. The van der Waals surface area contributed by atoms with E-state index in [1.807, 2.05) is 0 Å². The maximum absolute atomic E-state index is 6.45. The molecule has 0 fully saturated rings. The molecule has 212 valence electrons. The molecule has 1 heteroatoms. The minimum atomic E-state index is -0.389. The first-order chi connectivity index (χ1) is 22.8. The molecule has 46 heavy (non-hydrogen) atoms. The second kappa shape index (κ2) is 8.62. The van der Waals surface area contributed by atoms with Gasteiger partial charge in [0.2, 0.25) is 0 Å². The smallest absolute Gasteiger partial charge is 0.135 e. The summed E-state index contributed by atoms with van der Waals surface area (Å²) in [5.41, 5.74) is 15.1. The van der Waals surface area contributed by atoms with Gasteiger partial charge in [0, 0.05) is 10.9 Å². The Morgan fingerprint density at radius 3 is 1.74 bits per heavy atom. The van der Waals surface area contributed by atoms with Gasteiger partial charge in [-0.2, -0.15) is 0 Å². The van der Waals surface area contributed by atoms with Crippen molar-refractivity contribution in [3.63, 3.8) is 0 Å². The van der Waals surface area contributed by atoms with E-state index in [1.54, 1.807) is 0 Å². The molecule has 0 amide bonds. The fourth-order valence-corrected chi connectivity index (χ4v) is 8.75. The van der Waals surface area contributed by atoms with Crippen LogP contribution in [0.5, 0.6) is 11.5 Å². The number of ether oxygens (including phenoxy) is 1. The normalized spacial score (nSPS) is 16.1. The number of hydrogen-bond acceptors (Lipinski definition) is 1. The molecule has 1 nitrogen and oxygen atoms in total. The Morgan fingerprint density at radius 2 is 0.913 bits per heavy atom. The summed E-state index contributed by atoms with van der Waals surface area (Å²) in [7, 11) is 0. The molecule has 1 atom stereocenters. The van der Waals surface area contributed by atoms with E-state index in [0.717, 1.165) is 17.1 Å². The number of benzene rings is 8. The Hall–Kier alpha value is -5.92. The summed E-state index contributed by atoms with van der Waals surface area (Å²) in [6.07, 6.45) is 0. The fourth-order valence-electron chi connectivity index (χ4n) is 8.75. The molecule has 0 saturated carbocycles. The molecule has 8 aromatic carbocycles. The van der Waals surface area contributed by atoms with Gasteiger partial charge in [0.1, 0.15) is 11.5 Å². The summed E-state index contributed by atoms with van der Waals surface area (Å²) in [4.78, 5) is 0. The molecule has 2 aliphatic carbocycles. The molecule has 1 unspecified atom stereocenters. The highest BCUT2D eigenvalue weighted by molar-refractivity contribution is 6.05. The zero-order valence-corrected chi connectivity index (χ0v) is 24.9. The van der Waals surface area contributed by atoms with Crippen LogP contribution in [-0.2, 0) is 5.41 Å². The molecule has 0 radical (unpaired) electrons. The number of fused-ring (bicyclic) bond motifs is 13. The first-order valence-electron chi connectivity index (χ1n) is 16.0. The van der Waals surface area contributed by atoms with Gasteiger partial charge in [-0.25, -0.2) is 0 Å². The lowest BCUT2D eigenvalue weighted by Gasteiger charge is -2.31. The molecule has 1 aliphatic heterocycles. The lowest BCUT2D eigenvalue weighted by atomic mass is 9.70. The van der Waals surface area contributed by atoms with Crippen molar-refractivity contribution in [1.82, 2.24) is 0 Å². The van der Waals surface area contributed by atoms with Crippen molar-refractivity contribution >= 4 is 21.5 Å². The van der Waals surface area contributed by atoms with Crippen LogP contribution in [0.3, 0.4) is 0 Å². The van der Waals surface area contributed by atoms with Crippen molar-refractivity contribution in [3.8, 4) is 56.0 Å². The first kappa shape index (κ1) is 24.4. The molecule has 0 aromatic heterocycles. The third-order valence-electron chi connectivity index (χ3n) is 10.6. The number of hydrogen-bond donors (Lipinski definition) is 0. The van der Waals surface area contributed by atoms with Gasteiger partial charge in [0.05, 0.1) is 5.41 Å². The first-order valence-corrected chi connectivity index (χ1v) is 16.0. The molecular weight excluding hydrogens is 556 g/mol. The van der Waals surface area contributed by atoms with Gasteiger partial charge < -0.3 is 4.74 Å². The van der Waals surface area contributed by atoms with Gasteiger partial charge in [-0.3, -0.25) is 0 Å². The van der Waals surface area contributed by atoms with Crippen LogP contribution in [0, 0.1) is 0 Å². The Bertz CT molecular complexity index is 2620. The molecule has 1 heterocycles. The minimum Gasteiger partial charge on any atom is -0.456 e. The summed E-state index contributed by atoms with van der Waals surface area (Å²) in [5.74, 6) is 1.84. The average molecular weight is 583 g/mol. The van der Waals surface area contributed by atoms with E-state index in [-0.39, 0.29) is 5.41 Å². The van der Waals surface area contributed by atoms with Crippen LogP contribution < -0.4 is 4.74 Å². The van der Waals surface area contributed by atoms with E-state index in [1.165, 1.54) is 82.7 Å². The molecule has 0 saturated heterocycles. The molecule has 3 aliphatic rings. The van der Waals surface area contributed by atoms with Gasteiger partial charge >= 0.3 is 0 Å². The van der Waals surface area contributed by atoms with Crippen molar-refractivity contribution in [1.29, 1.82) is 0 Å². The standard InChI is InChI=1S/C45H26O/c1-2-10-29-25-41-36(23-28(29)9-1)33-14-4-6-17-39(33)45(41)38-16-5-3-13-32(38)34-21-19-31(26-40(34)45)30-20-22-42-37(24-30)35-15-7-11-27-12-8-18-43(46-42)44(27)35/h1-26H. The van der Waals surface area contributed by atoms with E-state index >= 15 is 0 Å². The highest BCUT2D eigenvalue weighted by Gasteiger charge is 2.51. The summed E-state index contributed by atoms with van der Waals surface area (Å²) >= 11 is 0. The third kappa shape index (κ3) is 2.96. The average Bonchev–Trinajstić information content (AvgIpc) is 3.57. The van der Waals surface area contributed by atoms with Crippen LogP contribution in [-0.4, -0.2) is 0 Å². The van der Waals surface area contributed by atoms with Crippen molar-refractivity contribution in [2.75, 3.05) is 0 Å². The Labute approximate surface area is 267 Å². The van der Waals surface area contributed by atoms with E-state index in [2.05, 4.69) is 158 Å². The molecule has 8 aromatic rings. The zero-order chi connectivity index (χ0) is 30.0. The van der Waals surface area contributed by atoms with Crippen LogP contribution >= 0.6 is 0 Å². The Kier molecular flexibility index (Phi) is 4.57. The van der Waals surface area contributed by atoms with Crippen molar-refractivity contribution < 1.29 is 4.74 Å². The maximum Gasteiger partial charge on any atom is 0.135 e. The summed E-state index contributed by atoms with van der Waals surface area (Å²) < 4.78 is 6.45. The summed E-state index contributed by atoms with van der Waals surface area (Å²) in [6, 6.07) is 58.4. The summed E-state index contributed by atoms with van der Waals surface area (Å²) in [5, 5.41) is 4.94. The molecule has 1 spiro atoms. The highest BCUT2D eigenvalue weighted by atomic mass is 16.5. The van der Waals surface area contributed by atoms with Crippen LogP contribution in [0.25, 0.3) is 66.1 Å². The van der Waals surface area contributed by atoms with E-state index in [0.29, 0.717) is 0 Å². The van der Waals surface area contributed by atoms with Crippen LogP contribution in [0.15, 0.2) is 158 Å². The lowest BCUT2D eigenvalue weighted by molar-refractivity contribution is 0.487. The highest BCUT2D eigenvalue weighted by Crippen LogP contribution is 2.63. The van der Waals surface area contributed by atoms with Crippen LogP contribution in [0.4, 0.5) is 0 Å². The maximum atomic E-state index is 6.45. The van der Waals surface area contributed by atoms with Crippen LogP contribution in [0.1, 0.15) is 22.3 Å². The molecule has 0 N–H and O–H groups in total. The van der Waals surface area contributed by atoms with Gasteiger partial charge in [0.25, 0.3) is 0 Å². The van der Waals surface area contributed by atoms with Crippen molar-refractivity contribution in [2.24, 2.45) is 0 Å². The van der Waals surface area contributed by atoms with E-state index < -0.39 is 0 Å². The molecule has 11 rings (SSSR count). The van der Waals surface area contributed by atoms with Gasteiger partial charge in [-0.05, 0) is 114 Å². The zero-order valence-electron chi connectivity index (χ0n) is 24.9. The SMILES string of the molecule is c1ccc2c(c1)-c1ccc(-c3ccc4c(c3)-c3cccc5cccc(c35)O4)cc1C21c2ccccc2-c2cc3ccccc3cc21. The molecule has 0 bridgehead atoms.